The lowest BCUT2D eigenvalue weighted by atomic mass is 9.50. The lowest BCUT2D eigenvalue weighted by molar-refractivity contribution is -0.0579. The summed E-state index contributed by atoms with van der Waals surface area (Å²) in [5.41, 5.74) is 0. The lowest BCUT2D eigenvalue weighted by Crippen LogP contribution is -2.49. The van der Waals surface area contributed by atoms with Gasteiger partial charge in [-0.15, -0.1) is 0 Å². The second kappa shape index (κ2) is 4.62. The molecule has 0 amide bonds. The summed E-state index contributed by atoms with van der Waals surface area (Å²) in [5.74, 6) is 4.98. The van der Waals surface area contributed by atoms with Gasteiger partial charge in [0.2, 0.25) is 0 Å². The van der Waals surface area contributed by atoms with Gasteiger partial charge in [0.05, 0.1) is 12.4 Å². The van der Waals surface area contributed by atoms with Crippen LogP contribution in [0.3, 0.4) is 0 Å². The largest absolute Gasteiger partial charge is 0.333 e. The molecule has 1 unspecified atom stereocenters. The molecule has 1 heterocycles. The summed E-state index contributed by atoms with van der Waals surface area (Å²) in [6.07, 6.45) is 13.7. The molecule has 4 aliphatic carbocycles. The summed E-state index contributed by atoms with van der Waals surface area (Å²) in [5, 5.41) is 3.42. The molecular weight excluding hydrogens is 234 g/mol. The second-order valence-electron chi connectivity index (χ2n) is 7.14. The first-order valence-electron chi connectivity index (χ1n) is 7.97. The first kappa shape index (κ1) is 12.0. The summed E-state index contributed by atoms with van der Waals surface area (Å²) in [6.45, 7) is 1.09. The fourth-order valence-electron chi connectivity index (χ4n) is 5.71. The van der Waals surface area contributed by atoms with E-state index in [9.17, 15) is 0 Å². The highest BCUT2D eigenvalue weighted by atomic mass is 15.1. The van der Waals surface area contributed by atoms with E-state index >= 15 is 0 Å². The minimum absolute atomic E-state index is 0.613. The molecule has 19 heavy (non-hydrogen) atoms. The van der Waals surface area contributed by atoms with Crippen molar-refractivity contribution in [2.75, 3.05) is 13.6 Å². The highest BCUT2D eigenvalue weighted by molar-refractivity contribution is 5.02. The van der Waals surface area contributed by atoms with Crippen molar-refractivity contribution in [1.29, 1.82) is 0 Å². The highest BCUT2D eigenvalue weighted by Gasteiger charge is 2.50. The van der Waals surface area contributed by atoms with Crippen LogP contribution >= 0.6 is 0 Å². The first-order valence-corrected chi connectivity index (χ1v) is 7.97. The molecular formula is C16H25N3. The summed E-state index contributed by atoms with van der Waals surface area (Å²) >= 11 is 0. The van der Waals surface area contributed by atoms with Crippen LogP contribution in [0.1, 0.15) is 38.1 Å². The third-order valence-electron chi connectivity index (χ3n) is 6.07. The Bertz CT molecular complexity index is 397. The van der Waals surface area contributed by atoms with E-state index in [-0.39, 0.29) is 0 Å². The maximum atomic E-state index is 4.27. The van der Waals surface area contributed by atoms with Crippen LogP contribution in [0.25, 0.3) is 0 Å². The van der Waals surface area contributed by atoms with Crippen molar-refractivity contribution in [3.8, 4) is 0 Å². The van der Waals surface area contributed by atoms with Crippen molar-refractivity contribution in [1.82, 2.24) is 14.9 Å². The SMILES string of the molecule is CNCC(C1C2CC3CC(C2)CC1C3)n1ccnc1. The number of hydrogen-bond donors (Lipinski definition) is 1. The molecule has 1 atom stereocenters. The molecule has 1 aromatic rings. The zero-order valence-electron chi connectivity index (χ0n) is 11.8. The molecule has 3 heteroatoms. The van der Waals surface area contributed by atoms with Gasteiger partial charge in [-0.1, -0.05) is 0 Å². The van der Waals surface area contributed by atoms with Crippen molar-refractivity contribution in [2.24, 2.45) is 29.6 Å². The second-order valence-corrected chi connectivity index (χ2v) is 7.14. The molecule has 4 bridgehead atoms. The van der Waals surface area contributed by atoms with E-state index < -0.39 is 0 Å². The Hall–Kier alpha value is -0.830. The predicted octanol–water partition coefficient (Wildman–Crippen LogP) is 2.72. The van der Waals surface area contributed by atoms with Crippen LogP contribution in [0.2, 0.25) is 0 Å². The maximum absolute atomic E-state index is 4.27. The van der Waals surface area contributed by atoms with E-state index in [2.05, 4.69) is 28.1 Å². The van der Waals surface area contributed by atoms with Gasteiger partial charge >= 0.3 is 0 Å². The molecule has 0 radical (unpaired) electrons. The van der Waals surface area contributed by atoms with Crippen molar-refractivity contribution in [3.63, 3.8) is 0 Å². The summed E-state index contributed by atoms with van der Waals surface area (Å²) in [4.78, 5) is 4.27. The minimum atomic E-state index is 0.613. The van der Waals surface area contributed by atoms with Gasteiger partial charge in [-0.3, -0.25) is 0 Å². The van der Waals surface area contributed by atoms with Crippen molar-refractivity contribution in [2.45, 2.75) is 38.1 Å². The number of nitrogens with one attached hydrogen (secondary N) is 1. The van der Waals surface area contributed by atoms with Crippen molar-refractivity contribution in [3.05, 3.63) is 18.7 Å². The van der Waals surface area contributed by atoms with Crippen LogP contribution in [-0.4, -0.2) is 23.1 Å². The van der Waals surface area contributed by atoms with Crippen LogP contribution in [-0.2, 0) is 0 Å². The van der Waals surface area contributed by atoms with E-state index in [1.807, 2.05) is 12.5 Å². The lowest BCUT2D eigenvalue weighted by Gasteiger charge is -2.56. The highest BCUT2D eigenvalue weighted by Crippen LogP contribution is 2.58. The Morgan fingerprint density at radius 1 is 1.16 bits per heavy atom. The quantitative estimate of drug-likeness (QED) is 0.901. The molecule has 3 nitrogen and oxygen atoms in total. The Kier molecular flexibility index (Phi) is 2.91. The van der Waals surface area contributed by atoms with Gasteiger partial charge < -0.3 is 9.88 Å². The Balaban J connectivity index is 1.62. The van der Waals surface area contributed by atoms with Gasteiger partial charge in [-0.2, -0.15) is 0 Å². The van der Waals surface area contributed by atoms with Crippen LogP contribution in [0.15, 0.2) is 18.7 Å². The van der Waals surface area contributed by atoms with Crippen molar-refractivity contribution < 1.29 is 0 Å². The van der Waals surface area contributed by atoms with Crippen molar-refractivity contribution >= 4 is 0 Å². The maximum Gasteiger partial charge on any atom is 0.0949 e. The van der Waals surface area contributed by atoms with Gasteiger partial charge in [-0.05, 0) is 68.7 Å². The van der Waals surface area contributed by atoms with E-state index in [4.69, 9.17) is 0 Å². The monoisotopic (exact) mass is 259 g/mol. The van der Waals surface area contributed by atoms with Gasteiger partial charge in [-0.25, -0.2) is 4.98 Å². The molecule has 5 rings (SSSR count). The van der Waals surface area contributed by atoms with E-state index in [1.165, 1.54) is 25.7 Å². The van der Waals surface area contributed by atoms with Crippen LogP contribution in [0.5, 0.6) is 0 Å². The minimum Gasteiger partial charge on any atom is -0.333 e. The van der Waals surface area contributed by atoms with E-state index in [0.717, 1.165) is 36.1 Å². The van der Waals surface area contributed by atoms with E-state index in [1.54, 1.807) is 6.42 Å². The molecule has 4 aliphatic rings. The first-order chi connectivity index (χ1) is 9.35. The fraction of sp³-hybridized carbons (Fsp3) is 0.812. The normalized spacial score (nSPS) is 41.6. The molecule has 4 fully saturated rings. The fourth-order valence-corrected chi connectivity index (χ4v) is 5.71. The van der Waals surface area contributed by atoms with Crippen LogP contribution in [0, 0.1) is 29.6 Å². The Morgan fingerprint density at radius 2 is 1.84 bits per heavy atom. The molecule has 1 N–H and O–H groups in total. The van der Waals surface area contributed by atoms with Crippen LogP contribution in [0.4, 0.5) is 0 Å². The number of aromatic nitrogens is 2. The molecule has 0 aromatic carbocycles. The summed E-state index contributed by atoms with van der Waals surface area (Å²) in [6, 6.07) is 0.613. The van der Waals surface area contributed by atoms with E-state index in [0.29, 0.717) is 6.04 Å². The van der Waals surface area contributed by atoms with Gasteiger partial charge in [0, 0.05) is 18.9 Å². The Labute approximate surface area is 115 Å². The Morgan fingerprint density at radius 3 is 2.37 bits per heavy atom. The number of imidazole rings is 1. The van der Waals surface area contributed by atoms with Gasteiger partial charge in [0.1, 0.15) is 0 Å². The van der Waals surface area contributed by atoms with Crippen LogP contribution < -0.4 is 5.32 Å². The summed E-state index contributed by atoms with van der Waals surface area (Å²) in [7, 11) is 2.08. The number of nitrogens with zero attached hydrogens (tertiary/aromatic N) is 2. The average Bonchev–Trinajstić information content (AvgIpc) is 2.89. The predicted molar refractivity (Wildman–Crippen MR) is 75.7 cm³/mol. The molecule has 104 valence electrons. The molecule has 0 aliphatic heterocycles. The zero-order chi connectivity index (χ0) is 12.8. The van der Waals surface area contributed by atoms with Gasteiger partial charge in [0.25, 0.3) is 0 Å². The topological polar surface area (TPSA) is 29.9 Å². The summed E-state index contributed by atoms with van der Waals surface area (Å²) < 4.78 is 2.36. The third kappa shape index (κ3) is 1.94. The molecule has 4 saturated carbocycles. The third-order valence-corrected chi connectivity index (χ3v) is 6.07. The number of likely N-dealkylation sites (N-methyl/N-ethyl adjacent to an activating group) is 1. The molecule has 0 saturated heterocycles. The number of hydrogen-bond acceptors (Lipinski definition) is 2. The average molecular weight is 259 g/mol. The molecule has 1 aromatic heterocycles. The zero-order valence-corrected chi connectivity index (χ0v) is 11.8. The van der Waals surface area contributed by atoms with Gasteiger partial charge in [0.15, 0.2) is 0 Å². The standard InChI is InChI=1S/C16H25N3/c1-17-9-15(19-3-2-18-10-19)16-13-5-11-4-12(7-13)8-14(16)6-11/h2-3,10-17H,4-9H2,1H3. The smallest absolute Gasteiger partial charge is 0.0949 e. The number of rotatable bonds is 4. The molecule has 0 spiro atoms.